The Bertz CT molecular complexity index is 174. The van der Waals surface area contributed by atoms with Crippen LogP contribution in [0.25, 0.3) is 0 Å². The molecule has 0 bridgehead atoms. The topological polar surface area (TPSA) is 67.4 Å². The Kier molecular flexibility index (Phi) is 4.42. The van der Waals surface area contributed by atoms with Crippen molar-refractivity contribution >= 4 is 11.8 Å². The van der Waals surface area contributed by atoms with Gasteiger partial charge in [-0.2, -0.15) is 0 Å². The summed E-state index contributed by atoms with van der Waals surface area (Å²) in [6.45, 7) is 1.97. The lowest BCUT2D eigenvalue weighted by atomic mass is 10.3. The van der Waals surface area contributed by atoms with Gasteiger partial charge in [-0.3, -0.25) is 14.9 Å². The molecular formula is C8H14N2O3. The second kappa shape index (κ2) is 5.66. The summed E-state index contributed by atoms with van der Waals surface area (Å²) in [4.78, 5) is 22.0. The van der Waals surface area contributed by atoms with E-state index in [1.165, 1.54) is 0 Å². The molecular weight excluding hydrogens is 172 g/mol. The number of ether oxygens (including phenoxy) is 1. The summed E-state index contributed by atoms with van der Waals surface area (Å²) in [6.07, 6.45) is 1.02. The molecule has 1 rings (SSSR count). The minimum absolute atomic E-state index is 0.176. The van der Waals surface area contributed by atoms with Gasteiger partial charge in [0, 0.05) is 19.6 Å². The van der Waals surface area contributed by atoms with Crippen molar-refractivity contribution in [2.24, 2.45) is 0 Å². The van der Waals surface area contributed by atoms with Gasteiger partial charge in [-0.15, -0.1) is 0 Å². The second-order valence-electron chi connectivity index (χ2n) is 2.86. The molecule has 74 valence electrons. The van der Waals surface area contributed by atoms with Gasteiger partial charge in [0.25, 0.3) is 0 Å². The predicted molar refractivity (Wildman–Crippen MR) is 46.1 cm³/mol. The molecule has 0 spiro atoms. The van der Waals surface area contributed by atoms with E-state index >= 15 is 0 Å². The maximum atomic E-state index is 11.0. The summed E-state index contributed by atoms with van der Waals surface area (Å²) in [5.74, 6) is -0.496. The van der Waals surface area contributed by atoms with Crippen LogP contribution in [0.5, 0.6) is 0 Å². The molecule has 0 atom stereocenters. The number of rotatable bonds is 0. The summed E-state index contributed by atoms with van der Waals surface area (Å²) in [6, 6.07) is 0. The smallest absolute Gasteiger partial charge is 0.240 e. The van der Waals surface area contributed by atoms with E-state index in [0.29, 0.717) is 32.6 Å². The zero-order valence-electron chi connectivity index (χ0n) is 7.47. The molecule has 13 heavy (non-hydrogen) atoms. The fourth-order valence-electron chi connectivity index (χ4n) is 1.05. The summed E-state index contributed by atoms with van der Waals surface area (Å²) >= 11 is 0. The Balaban J connectivity index is 2.34. The molecule has 0 aromatic rings. The summed E-state index contributed by atoms with van der Waals surface area (Å²) in [5, 5.41) is 5.15. The van der Waals surface area contributed by atoms with Crippen molar-refractivity contribution in [3.8, 4) is 0 Å². The van der Waals surface area contributed by atoms with E-state index in [2.05, 4.69) is 10.6 Å². The van der Waals surface area contributed by atoms with Crippen LogP contribution in [0, 0.1) is 0 Å². The zero-order valence-corrected chi connectivity index (χ0v) is 7.47. The number of hydrogen-bond donors (Lipinski definition) is 2. The molecule has 0 saturated carbocycles. The normalized spacial score (nSPS) is 21.8. The van der Waals surface area contributed by atoms with Crippen LogP contribution in [0.2, 0.25) is 0 Å². The maximum absolute atomic E-state index is 11.0. The van der Waals surface area contributed by atoms with Crippen molar-refractivity contribution in [3.05, 3.63) is 0 Å². The van der Waals surface area contributed by atoms with Crippen molar-refractivity contribution < 1.29 is 14.3 Å². The van der Waals surface area contributed by atoms with Crippen LogP contribution in [0.3, 0.4) is 0 Å². The third-order valence-corrected chi connectivity index (χ3v) is 1.68. The fourth-order valence-corrected chi connectivity index (χ4v) is 1.05. The third-order valence-electron chi connectivity index (χ3n) is 1.68. The molecule has 1 aliphatic heterocycles. The van der Waals surface area contributed by atoms with E-state index in [-0.39, 0.29) is 18.4 Å². The van der Waals surface area contributed by atoms with Crippen LogP contribution < -0.4 is 10.6 Å². The van der Waals surface area contributed by atoms with Crippen LogP contribution in [0.4, 0.5) is 0 Å². The van der Waals surface area contributed by atoms with E-state index in [0.717, 1.165) is 0 Å². The second-order valence-corrected chi connectivity index (χ2v) is 2.86. The highest BCUT2D eigenvalue weighted by atomic mass is 16.5. The van der Waals surface area contributed by atoms with E-state index in [9.17, 15) is 9.59 Å². The SMILES string of the molecule is O=C1CCCOCCNCC(=O)N1. The van der Waals surface area contributed by atoms with Crippen molar-refractivity contribution in [1.29, 1.82) is 0 Å². The highest BCUT2D eigenvalue weighted by Crippen LogP contribution is 1.91. The first-order valence-electron chi connectivity index (χ1n) is 4.40. The first-order chi connectivity index (χ1) is 6.29. The van der Waals surface area contributed by atoms with Crippen LogP contribution in [0.1, 0.15) is 12.8 Å². The van der Waals surface area contributed by atoms with Crippen LogP contribution >= 0.6 is 0 Å². The van der Waals surface area contributed by atoms with Crippen LogP contribution in [-0.4, -0.2) is 38.1 Å². The lowest BCUT2D eigenvalue weighted by molar-refractivity contribution is -0.130. The number of carbonyl (C=O) groups excluding carboxylic acids is 2. The van der Waals surface area contributed by atoms with Crippen LogP contribution in [0.15, 0.2) is 0 Å². The number of carbonyl (C=O) groups is 2. The Morgan fingerprint density at radius 1 is 1.15 bits per heavy atom. The van der Waals surface area contributed by atoms with Gasteiger partial charge < -0.3 is 10.1 Å². The molecule has 2 amide bonds. The highest BCUT2D eigenvalue weighted by Gasteiger charge is 2.07. The molecule has 1 saturated heterocycles. The van der Waals surface area contributed by atoms with Gasteiger partial charge in [0.05, 0.1) is 13.2 Å². The number of imide groups is 1. The van der Waals surface area contributed by atoms with E-state index < -0.39 is 0 Å². The quantitative estimate of drug-likeness (QED) is 0.478. The number of amides is 2. The molecule has 5 heteroatoms. The monoisotopic (exact) mass is 186 g/mol. The lowest BCUT2D eigenvalue weighted by Crippen LogP contribution is -2.38. The maximum Gasteiger partial charge on any atom is 0.240 e. The number of nitrogens with one attached hydrogen (secondary N) is 2. The van der Waals surface area contributed by atoms with Crippen LogP contribution in [-0.2, 0) is 14.3 Å². The third kappa shape index (κ3) is 4.59. The largest absolute Gasteiger partial charge is 0.380 e. The highest BCUT2D eigenvalue weighted by molar-refractivity contribution is 5.96. The Hall–Kier alpha value is -0.940. The predicted octanol–water partition coefficient (Wildman–Crippen LogP) is -0.971. The average molecular weight is 186 g/mol. The van der Waals surface area contributed by atoms with Gasteiger partial charge in [0.2, 0.25) is 11.8 Å². The zero-order chi connectivity index (χ0) is 9.52. The van der Waals surface area contributed by atoms with Gasteiger partial charge in [0.1, 0.15) is 0 Å². The van der Waals surface area contributed by atoms with Gasteiger partial charge in [-0.1, -0.05) is 0 Å². The molecule has 1 heterocycles. The average Bonchev–Trinajstić information content (AvgIpc) is 2.11. The summed E-state index contributed by atoms with van der Waals surface area (Å²) in [5.41, 5.74) is 0. The van der Waals surface area contributed by atoms with Crippen molar-refractivity contribution in [3.63, 3.8) is 0 Å². The molecule has 1 aliphatic rings. The minimum Gasteiger partial charge on any atom is -0.380 e. The summed E-state index contributed by atoms with van der Waals surface area (Å²) < 4.78 is 5.20. The van der Waals surface area contributed by atoms with E-state index in [1.807, 2.05) is 0 Å². The first-order valence-corrected chi connectivity index (χ1v) is 4.40. The van der Waals surface area contributed by atoms with Crippen molar-refractivity contribution in [1.82, 2.24) is 10.6 Å². The molecule has 2 N–H and O–H groups in total. The number of hydrogen-bond acceptors (Lipinski definition) is 4. The molecule has 0 aliphatic carbocycles. The standard InChI is InChI=1S/C8H14N2O3/c11-7-2-1-4-13-5-3-9-6-8(12)10-7/h9H,1-6H2,(H,10,11,12). The van der Waals surface area contributed by atoms with E-state index in [4.69, 9.17) is 4.74 Å². The Morgan fingerprint density at radius 3 is 2.85 bits per heavy atom. The Morgan fingerprint density at radius 2 is 2.00 bits per heavy atom. The van der Waals surface area contributed by atoms with Crippen molar-refractivity contribution in [2.75, 3.05) is 26.3 Å². The minimum atomic E-state index is -0.271. The molecule has 0 aromatic carbocycles. The van der Waals surface area contributed by atoms with Gasteiger partial charge >= 0.3 is 0 Å². The van der Waals surface area contributed by atoms with Crippen molar-refractivity contribution in [2.45, 2.75) is 12.8 Å². The molecule has 5 nitrogen and oxygen atoms in total. The fraction of sp³-hybridized carbons (Fsp3) is 0.750. The van der Waals surface area contributed by atoms with Gasteiger partial charge in [-0.05, 0) is 6.42 Å². The molecule has 1 fully saturated rings. The molecule has 0 unspecified atom stereocenters. The molecule has 0 radical (unpaired) electrons. The first kappa shape index (κ1) is 10.1. The lowest BCUT2D eigenvalue weighted by Gasteiger charge is -2.02. The Labute approximate surface area is 76.8 Å². The van der Waals surface area contributed by atoms with Gasteiger partial charge in [-0.25, -0.2) is 0 Å². The summed E-state index contributed by atoms with van der Waals surface area (Å²) in [7, 11) is 0. The molecule has 0 aromatic heterocycles. The van der Waals surface area contributed by atoms with Gasteiger partial charge in [0.15, 0.2) is 0 Å². The van der Waals surface area contributed by atoms with E-state index in [1.54, 1.807) is 0 Å².